The minimum Gasteiger partial charge on any atom is -0.380 e. The predicted octanol–water partition coefficient (Wildman–Crippen LogP) is 4.59. The summed E-state index contributed by atoms with van der Waals surface area (Å²) in [5, 5.41) is 0. The Morgan fingerprint density at radius 2 is 1.75 bits per heavy atom. The van der Waals surface area contributed by atoms with Gasteiger partial charge in [0.05, 0.1) is 17.4 Å². The summed E-state index contributed by atoms with van der Waals surface area (Å²) in [6.07, 6.45) is 5.37. The molecule has 2 bridgehead atoms. The number of hydrogen-bond donors (Lipinski definition) is 0. The largest absolute Gasteiger partial charge is 0.380 e. The first-order valence-corrected chi connectivity index (χ1v) is 11.4. The van der Waals surface area contributed by atoms with Crippen LogP contribution in [0.25, 0.3) is 0 Å². The number of rotatable bonds is 5. The number of likely N-dealkylation sites (tertiary alicyclic amines) is 1. The topological polar surface area (TPSA) is 46.6 Å². The molecule has 4 heteroatoms. The second kappa shape index (κ2) is 7.56. The molecule has 3 unspecified atom stereocenters. The molecule has 164 valence electrons. The third kappa shape index (κ3) is 2.42. The van der Waals surface area contributed by atoms with Crippen molar-refractivity contribution in [2.24, 2.45) is 11.8 Å². The zero-order chi connectivity index (χ0) is 22.6. The van der Waals surface area contributed by atoms with E-state index in [0.29, 0.717) is 6.42 Å². The third-order valence-electron chi connectivity index (χ3n) is 7.97. The Bertz CT molecular complexity index is 1090. The molecule has 2 amide bonds. The summed E-state index contributed by atoms with van der Waals surface area (Å²) >= 11 is 0. The number of imide groups is 1. The lowest BCUT2D eigenvalue weighted by Crippen LogP contribution is -2.59. The summed E-state index contributed by atoms with van der Waals surface area (Å²) in [5.41, 5.74) is 4.16. The minimum absolute atomic E-state index is 0.0305. The van der Waals surface area contributed by atoms with Gasteiger partial charge >= 0.3 is 0 Å². The normalized spacial score (nSPS) is 30.7. The molecule has 2 aromatic rings. The molecule has 3 aliphatic carbocycles. The Morgan fingerprint density at radius 1 is 1.16 bits per heavy atom. The summed E-state index contributed by atoms with van der Waals surface area (Å²) in [7, 11) is 1.71. The van der Waals surface area contributed by atoms with E-state index in [4.69, 9.17) is 4.74 Å². The van der Waals surface area contributed by atoms with Crippen LogP contribution in [0.4, 0.5) is 0 Å². The van der Waals surface area contributed by atoms with Crippen molar-refractivity contribution in [3.63, 3.8) is 0 Å². The van der Waals surface area contributed by atoms with Gasteiger partial charge in [0.1, 0.15) is 0 Å². The van der Waals surface area contributed by atoms with E-state index < -0.39 is 5.41 Å². The Labute approximate surface area is 189 Å². The van der Waals surface area contributed by atoms with Crippen LogP contribution in [0.5, 0.6) is 0 Å². The van der Waals surface area contributed by atoms with Gasteiger partial charge in [-0.25, -0.2) is 0 Å². The van der Waals surface area contributed by atoms with Crippen molar-refractivity contribution in [3.05, 3.63) is 95.6 Å². The zero-order valence-corrected chi connectivity index (χ0v) is 18.8. The molecule has 6 rings (SSSR count). The molecule has 4 nitrogen and oxygen atoms in total. The third-order valence-corrected chi connectivity index (χ3v) is 7.97. The highest BCUT2D eigenvalue weighted by Crippen LogP contribution is 2.66. The standard InChI is InChI=1S/C28H29NO3/c1-5-11-22-25-24-18-13-7-9-15-20(18)28(17(3)32-4,21-16-10-8-14-19(21)24)26(25)27(31)29(22)23(30)12-6-2/h5-10,12-17,22,24-26H,1,11H2,2-4H3/b12-6+/t17-,22?,24?,25?,26?,28?/m0/s1. The van der Waals surface area contributed by atoms with Gasteiger partial charge in [-0.3, -0.25) is 14.5 Å². The fourth-order valence-electron chi connectivity index (χ4n) is 6.94. The van der Waals surface area contributed by atoms with Crippen molar-refractivity contribution in [1.29, 1.82) is 0 Å². The van der Waals surface area contributed by atoms with Gasteiger partial charge in [-0.1, -0.05) is 60.7 Å². The first-order valence-electron chi connectivity index (χ1n) is 11.4. The lowest BCUT2D eigenvalue weighted by molar-refractivity contribution is -0.144. The van der Waals surface area contributed by atoms with E-state index >= 15 is 0 Å². The highest BCUT2D eigenvalue weighted by atomic mass is 16.5. The number of carbonyl (C=O) groups is 2. The maximum absolute atomic E-state index is 14.2. The number of nitrogens with zero attached hydrogens (tertiary/aromatic N) is 1. The Hall–Kier alpha value is -2.98. The van der Waals surface area contributed by atoms with Crippen molar-refractivity contribution >= 4 is 11.8 Å². The first kappa shape index (κ1) is 20.9. The predicted molar refractivity (Wildman–Crippen MR) is 124 cm³/mol. The van der Waals surface area contributed by atoms with Gasteiger partial charge in [0.2, 0.25) is 5.91 Å². The van der Waals surface area contributed by atoms with Crippen molar-refractivity contribution in [1.82, 2.24) is 4.90 Å². The quantitative estimate of drug-likeness (QED) is 0.518. The molecular formula is C28H29NO3. The molecule has 1 fully saturated rings. The SMILES string of the molecule is C=CCC1C2C3c4ccccc4C([C@H](C)OC)(c4ccccc43)C2C(=O)N1C(=O)/C=C/C. The Balaban J connectivity index is 1.86. The molecule has 0 spiro atoms. The van der Waals surface area contributed by atoms with Crippen LogP contribution < -0.4 is 0 Å². The van der Waals surface area contributed by atoms with E-state index in [1.54, 1.807) is 20.1 Å². The van der Waals surface area contributed by atoms with Crippen LogP contribution in [0.1, 0.15) is 48.4 Å². The number of methoxy groups -OCH3 is 1. The van der Waals surface area contributed by atoms with Crippen LogP contribution in [0.2, 0.25) is 0 Å². The number of allylic oxidation sites excluding steroid dienone is 1. The van der Waals surface area contributed by atoms with E-state index in [1.807, 2.05) is 18.2 Å². The second-order valence-electron chi connectivity index (χ2n) is 9.09. The summed E-state index contributed by atoms with van der Waals surface area (Å²) in [5.74, 6) is -0.687. The lowest BCUT2D eigenvalue weighted by Gasteiger charge is -2.57. The molecule has 0 N–H and O–H groups in total. The molecule has 4 aliphatic rings. The van der Waals surface area contributed by atoms with Crippen molar-refractivity contribution < 1.29 is 14.3 Å². The van der Waals surface area contributed by atoms with Gasteiger partial charge in [-0.15, -0.1) is 6.58 Å². The van der Waals surface area contributed by atoms with E-state index in [2.05, 4.69) is 49.9 Å². The fraction of sp³-hybridized carbons (Fsp3) is 0.357. The van der Waals surface area contributed by atoms with Gasteiger partial charge in [0.25, 0.3) is 5.91 Å². The van der Waals surface area contributed by atoms with E-state index in [-0.39, 0.29) is 41.7 Å². The zero-order valence-electron chi connectivity index (χ0n) is 18.8. The van der Waals surface area contributed by atoms with Gasteiger partial charge in [0.15, 0.2) is 0 Å². The average Bonchev–Trinajstić information content (AvgIpc) is 3.11. The first-order chi connectivity index (χ1) is 15.5. The van der Waals surface area contributed by atoms with Gasteiger partial charge in [-0.05, 0) is 48.6 Å². The highest BCUT2D eigenvalue weighted by Gasteiger charge is 2.69. The van der Waals surface area contributed by atoms with Crippen LogP contribution in [0, 0.1) is 11.8 Å². The Kier molecular flexibility index (Phi) is 4.94. The van der Waals surface area contributed by atoms with Crippen LogP contribution in [0.3, 0.4) is 0 Å². The number of amides is 2. The maximum atomic E-state index is 14.2. The molecule has 2 aromatic carbocycles. The average molecular weight is 428 g/mol. The van der Waals surface area contributed by atoms with E-state index in [9.17, 15) is 9.59 Å². The van der Waals surface area contributed by atoms with E-state index in [0.717, 1.165) is 11.1 Å². The molecule has 32 heavy (non-hydrogen) atoms. The van der Waals surface area contributed by atoms with Gasteiger partial charge in [0, 0.05) is 25.0 Å². The van der Waals surface area contributed by atoms with Crippen LogP contribution in [-0.2, 0) is 19.7 Å². The molecule has 1 heterocycles. The maximum Gasteiger partial charge on any atom is 0.253 e. The number of benzene rings is 2. The summed E-state index contributed by atoms with van der Waals surface area (Å²) in [4.78, 5) is 28.8. The number of ether oxygens (including phenoxy) is 1. The Morgan fingerprint density at radius 3 is 2.28 bits per heavy atom. The van der Waals surface area contributed by atoms with Crippen molar-refractivity contribution in [3.8, 4) is 0 Å². The molecular weight excluding hydrogens is 398 g/mol. The molecule has 4 atom stereocenters. The number of hydrogen-bond acceptors (Lipinski definition) is 3. The minimum atomic E-state index is -0.650. The van der Waals surface area contributed by atoms with E-state index in [1.165, 1.54) is 22.1 Å². The summed E-state index contributed by atoms with van der Waals surface area (Å²) < 4.78 is 6.03. The van der Waals surface area contributed by atoms with Crippen LogP contribution >= 0.6 is 0 Å². The smallest absolute Gasteiger partial charge is 0.253 e. The molecule has 1 saturated heterocycles. The van der Waals surface area contributed by atoms with Crippen molar-refractivity contribution in [2.75, 3.05) is 7.11 Å². The molecule has 0 aromatic heterocycles. The van der Waals surface area contributed by atoms with Crippen LogP contribution in [-0.4, -0.2) is 36.0 Å². The molecule has 1 aliphatic heterocycles. The lowest BCUT2D eigenvalue weighted by atomic mass is 9.45. The molecule has 0 saturated carbocycles. The van der Waals surface area contributed by atoms with Gasteiger partial charge < -0.3 is 4.74 Å². The van der Waals surface area contributed by atoms with Gasteiger partial charge in [-0.2, -0.15) is 0 Å². The van der Waals surface area contributed by atoms with Crippen LogP contribution in [0.15, 0.2) is 73.3 Å². The summed E-state index contributed by atoms with van der Waals surface area (Å²) in [6.45, 7) is 7.82. The highest BCUT2D eigenvalue weighted by molar-refractivity contribution is 6.05. The monoisotopic (exact) mass is 427 g/mol. The second-order valence-corrected chi connectivity index (χ2v) is 9.09. The summed E-state index contributed by atoms with van der Waals surface area (Å²) in [6, 6.07) is 16.7. The fourth-order valence-corrected chi connectivity index (χ4v) is 6.94. The molecule has 0 radical (unpaired) electrons. The number of carbonyl (C=O) groups excluding carboxylic acids is 2. The van der Waals surface area contributed by atoms with Crippen molar-refractivity contribution in [2.45, 2.75) is 43.7 Å².